The zero-order chi connectivity index (χ0) is 20.8. The molecule has 1 aromatic carbocycles. The molecular formula is C24H30O5. The monoisotopic (exact) mass is 398 g/mol. The Hall–Kier alpha value is -2.11. The Morgan fingerprint density at radius 2 is 1.72 bits per heavy atom. The minimum Gasteiger partial charge on any atom is -0.489 e. The molecule has 2 aromatic rings. The van der Waals surface area contributed by atoms with E-state index >= 15 is 0 Å². The number of benzene rings is 1. The quantitative estimate of drug-likeness (QED) is 0.363. The van der Waals surface area contributed by atoms with E-state index in [0.29, 0.717) is 24.7 Å². The Balaban J connectivity index is 1.47. The summed E-state index contributed by atoms with van der Waals surface area (Å²) in [5.74, 6) is 0.744. The molecule has 2 atom stereocenters. The maximum Gasteiger partial charge on any atom is 0.336 e. The van der Waals surface area contributed by atoms with Gasteiger partial charge in [-0.25, -0.2) is 4.79 Å². The van der Waals surface area contributed by atoms with Crippen LogP contribution in [0.3, 0.4) is 0 Å². The van der Waals surface area contributed by atoms with Crippen LogP contribution in [0, 0.1) is 0 Å². The van der Waals surface area contributed by atoms with Crippen molar-refractivity contribution in [2.75, 3.05) is 6.61 Å². The molecule has 5 nitrogen and oxygen atoms in total. The summed E-state index contributed by atoms with van der Waals surface area (Å²) in [6.45, 7) is 11.0. The fraction of sp³-hybridized carbons (Fsp3) is 0.542. The fourth-order valence-corrected chi connectivity index (χ4v) is 3.78. The second kappa shape index (κ2) is 7.29. The number of fused-ring (bicyclic) bond motifs is 1. The highest BCUT2D eigenvalue weighted by atomic mass is 16.6. The maximum absolute atomic E-state index is 11.8. The second-order valence-electron chi connectivity index (χ2n) is 9.24. The van der Waals surface area contributed by atoms with Gasteiger partial charge in [0.15, 0.2) is 0 Å². The minimum atomic E-state index is -0.354. The lowest BCUT2D eigenvalue weighted by atomic mass is 10.00. The summed E-state index contributed by atoms with van der Waals surface area (Å²) in [7, 11) is 0. The summed E-state index contributed by atoms with van der Waals surface area (Å²) in [4.78, 5) is 11.8. The number of epoxide rings is 2. The van der Waals surface area contributed by atoms with Gasteiger partial charge < -0.3 is 18.6 Å². The van der Waals surface area contributed by atoms with E-state index in [2.05, 4.69) is 40.7 Å². The largest absolute Gasteiger partial charge is 0.489 e. The number of ether oxygens (including phenoxy) is 3. The first-order valence-corrected chi connectivity index (χ1v) is 10.4. The van der Waals surface area contributed by atoms with Crippen LogP contribution >= 0.6 is 0 Å². The first-order chi connectivity index (χ1) is 13.7. The molecule has 2 fully saturated rings. The molecule has 156 valence electrons. The van der Waals surface area contributed by atoms with E-state index in [4.69, 9.17) is 18.6 Å². The standard InChI is InChI=1S/C24H30O5/c1-15(6-10-19-23(2,3)28-19)12-13-26-18-9-7-16-8-11-21(25)27-22(16)17(18)14-20-24(4,5)29-20/h7-9,11-12,19-20H,6,10,13-14H2,1-5H3/b15-12+/t19-,20-/m1/s1. The van der Waals surface area contributed by atoms with Crippen LogP contribution in [0.25, 0.3) is 11.0 Å². The molecule has 0 radical (unpaired) electrons. The highest BCUT2D eigenvalue weighted by molar-refractivity contribution is 5.82. The number of hydrogen-bond acceptors (Lipinski definition) is 5. The van der Waals surface area contributed by atoms with Crippen LogP contribution in [0.1, 0.15) is 53.0 Å². The van der Waals surface area contributed by atoms with Crippen molar-refractivity contribution >= 4 is 11.0 Å². The molecule has 0 spiro atoms. The third-order valence-electron chi connectivity index (χ3n) is 6.04. The summed E-state index contributed by atoms with van der Waals surface area (Å²) >= 11 is 0. The average Bonchev–Trinajstić information content (AvgIpc) is 3.47. The molecule has 0 bridgehead atoms. The van der Waals surface area contributed by atoms with Gasteiger partial charge in [0.2, 0.25) is 0 Å². The van der Waals surface area contributed by atoms with Crippen LogP contribution < -0.4 is 10.4 Å². The van der Waals surface area contributed by atoms with E-state index < -0.39 is 0 Å². The van der Waals surface area contributed by atoms with Crippen LogP contribution in [0.15, 0.2) is 45.1 Å². The van der Waals surface area contributed by atoms with Crippen LogP contribution in [0.2, 0.25) is 0 Å². The summed E-state index contributed by atoms with van der Waals surface area (Å²) in [6.07, 6.45) is 5.27. The van der Waals surface area contributed by atoms with Crippen molar-refractivity contribution in [1.29, 1.82) is 0 Å². The zero-order valence-electron chi connectivity index (χ0n) is 17.9. The lowest BCUT2D eigenvalue weighted by Gasteiger charge is -2.12. The highest BCUT2D eigenvalue weighted by Crippen LogP contribution is 2.41. The molecule has 2 aliphatic heterocycles. The van der Waals surface area contributed by atoms with Crippen molar-refractivity contribution < 1.29 is 18.6 Å². The Morgan fingerprint density at radius 3 is 2.38 bits per heavy atom. The van der Waals surface area contributed by atoms with Crippen molar-refractivity contribution in [3.8, 4) is 5.75 Å². The van der Waals surface area contributed by atoms with E-state index in [1.165, 1.54) is 11.6 Å². The molecular weight excluding hydrogens is 368 g/mol. The van der Waals surface area contributed by atoms with E-state index in [1.54, 1.807) is 6.07 Å². The van der Waals surface area contributed by atoms with Crippen molar-refractivity contribution in [3.05, 3.63) is 51.9 Å². The van der Waals surface area contributed by atoms with Gasteiger partial charge in [-0.2, -0.15) is 0 Å². The van der Waals surface area contributed by atoms with Crippen LogP contribution in [0.4, 0.5) is 0 Å². The number of hydrogen-bond donors (Lipinski definition) is 0. The molecule has 0 N–H and O–H groups in total. The highest BCUT2D eigenvalue weighted by Gasteiger charge is 2.48. The third kappa shape index (κ3) is 4.57. The van der Waals surface area contributed by atoms with Crippen molar-refractivity contribution in [3.63, 3.8) is 0 Å². The Bertz CT molecular complexity index is 998. The van der Waals surface area contributed by atoms with E-state index in [0.717, 1.165) is 29.5 Å². The van der Waals surface area contributed by atoms with Crippen LogP contribution in [0.5, 0.6) is 5.75 Å². The lowest BCUT2D eigenvalue weighted by Crippen LogP contribution is -2.09. The van der Waals surface area contributed by atoms with Crippen molar-refractivity contribution in [1.82, 2.24) is 0 Å². The van der Waals surface area contributed by atoms with Crippen LogP contribution in [-0.2, 0) is 15.9 Å². The smallest absolute Gasteiger partial charge is 0.336 e. The SMILES string of the molecule is C/C(=C\COc1ccc2ccc(=O)oc2c1C[C@H]1OC1(C)C)CC[C@H]1OC1(C)C. The normalized spacial score (nSPS) is 24.5. The third-order valence-corrected chi connectivity index (χ3v) is 6.04. The molecule has 5 heteroatoms. The minimum absolute atomic E-state index is 0.0410. The Morgan fingerprint density at radius 1 is 1.07 bits per heavy atom. The average molecular weight is 398 g/mol. The summed E-state index contributed by atoms with van der Waals surface area (Å²) in [5.41, 5.74) is 2.32. The Kier molecular flexibility index (Phi) is 5.07. The van der Waals surface area contributed by atoms with Gasteiger partial charge in [0.05, 0.1) is 23.4 Å². The predicted octanol–water partition coefficient (Wildman–Crippen LogP) is 4.80. The lowest BCUT2D eigenvalue weighted by molar-refractivity contribution is 0.319. The van der Waals surface area contributed by atoms with Gasteiger partial charge in [-0.15, -0.1) is 0 Å². The molecule has 0 amide bonds. The molecule has 4 rings (SSSR count). The molecule has 0 saturated carbocycles. The van der Waals surface area contributed by atoms with Crippen LogP contribution in [-0.4, -0.2) is 30.0 Å². The summed E-state index contributed by atoms with van der Waals surface area (Å²) < 4.78 is 23.0. The van der Waals surface area contributed by atoms with Crippen molar-refractivity contribution in [2.45, 2.75) is 77.3 Å². The Labute approximate surface area is 171 Å². The maximum atomic E-state index is 11.8. The topological polar surface area (TPSA) is 64.5 Å². The summed E-state index contributed by atoms with van der Waals surface area (Å²) in [6, 6.07) is 7.12. The van der Waals surface area contributed by atoms with Gasteiger partial charge in [-0.3, -0.25) is 0 Å². The zero-order valence-corrected chi connectivity index (χ0v) is 17.9. The van der Waals surface area contributed by atoms with Gasteiger partial charge in [-0.05, 0) is 71.7 Å². The molecule has 3 heterocycles. The molecule has 2 aliphatic rings. The second-order valence-corrected chi connectivity index (χ2v) is 9.24. The predicted molar refractivity (Wildman–Crippen MR) is 113 cm³/mol. The van der Waals surface area contributed by atoms with Gasteiger partial charge in [0.25, 0.3) is 0 Å². The van der Waals surface area contributed by atoms with Gasteiger partial charge >= 0.3 is 5.63 Å². The molecule has 0 aliphatic carbocycles. The first-order valence-electron chi connectivity index (χ1n) is 10.4. The fourth-order valence-electron chi connectivity index (χ4n) is 3.78. The molecule has 2 saturated heterocycles. The van der Waals surface area contributed by atoms with E-state index in [-0.39, 0.29) is 22.9 Å². The number of rotatable bonds is 8. The molecule has 1 aromatic heterocycles. The van der Waals surface area contributed by atoms with E-state index in [9.17, 15) is 4.79 Å². The van der Waals surface area contributed by atoms with Gasteiger partial charge in [0, 0.05) is 23.4 Å². The molecule has 0 unspecified atom stereocenters. The van der Waals surface area contributed by atoms with E-state index in [1.807, 2.05) is 12.1 Å². The first kappa shape index (κ1) is 20.2. The van der Waals surface area contributed by atoms with Gasteiger partial charge in [-0.1, -0.05) is 5.57 Å². The summed E-state index contributed by atoms with van der Waals surface area (Å²) in [5, 5.41) is 0.893. The van der Waals surface area contributed by atoms with Gasteiger partial charge in [0.1, 0.15) is 17.9 Å². The number of allylic oxidation sites excluding steroid dienone is 1. The molecule has 29 heavy (non-hydrogen) atoms. The van der Waals surface area contributed by atoms with Crippen molar-refractivity contribution in [2.24, 2.45) is 0 Å².